The van der Waals surface area contributed by atoms with Gasteiger partial charge in [-0.2, -0.15) is 0 Å². The van der Waals surface area contributed by atoms with Crippen molar-refractivity contribution >= 4 is 23.4 Å². The number of halogens is 1. The van der Waals surface area contributed by atoms with Crippen LogP contribution in [0.15, 0.2) is 24.3 Å². The summed E-state index contributed by atoms with van der Waals surface area (Å²) in [7, 11) is 0. The zero-order valence-corrected chi connectivity index (χ0v) is 14.4. The Bertz CT molecular complexity index is 608. The van der Waals surface area contributed by atoms with Gasteiger partial charge in [0.1, 0.15) is 0 Å². The predicted molar refractivity (Wildman–Crippen MR) is 93.4 cm³/mol. The van der Waals surface area contributed by atoms with Crippen molar-refractivity contribution in [3.63, 3.8) is 0 Å². The molecule has 4 N–H and O–H groups in total. The van der Waals surface area contributed by atoms with Crippen LogP contribution in [0.25, 0.3) is 0 Å². The first-order chi connectivity index (χ1) is 11.5. The fourth-order valence-electron chi connectivity index (χ4n) is 3.97. The molecule has 0 aromatic heterocycles. The molecule has 3 rings (SSSR count). The third-order valence-electron chi connectivity index (χ3n) is 5.15. The normalized spacial score (nSPS) is 27.3. The fraction of sp³-hybridized carbons (Fsp3) is 0.556. The molecule has 0 radical (unpaired) electrons. The molecule has 2 aliphatic rings. The summed E-state index contributed by atoms with van der Waals surface area (Å²) in [5, 5.41) is 7.01. The zero-order valence-electron chi connectivity index (χ0n) is 13.6. The molecule has 2 fully saturated rings. The second-order valence-electron chi connectivity index (χ2n) is 6.89. The maximum absolute atomic E-state index is 12.7. The Kier molecular flexibility index (Phi) is 5.41. The van der Waals surface area contributed by atoms with E-state index in [2.05, 4.69) is 10.6 Å². The molecule has 1 aromatic rings. The minimum absolute atomic E-state index is 0.0596. The molecule has 1 aromatic carbocycles. The van der Waals surface area contributed by atoms with Gasteiger partial charge in [0, 0.05) is 11.1 Å². The van der Waals surface area contributed by atoms with Gasteiger partial charge in [-0.1, -0.05) is 36.6 Å². The van der Waals surface area contributed by atoms with Crippen molar-refractivity contribution in [2.24, 2.45) is 11.7 Å². The lowest BCUT2D eigenvalue weighted by Crippen LogP contribution is -2.45. The first-order valence-corrected chi connectivity index (χ1v) is 9.01. The molecule has 0 spiro atoms. The van der Waals surface area contributed by atoms with Crippen LogP contribution in [0, 0.1) is 5.92 Å². The Balaban J connectivity index is 1.68. The lowest BCUT2D eigenvalue weighted by molar-refractivity contribution is -0.124. The monoisotopic (exact) mass is 349 g/mol. The van der Waals surface area contributed by atoms with Crippen molar-refractivity contribution in [3.05, 3.63) is 34.9 Å². The number of nitrogens with two attached hydrogens (primary N) is 1. The molecule has 1 saturated carbocycles. The molecule has 6 heteroatoms. The van der Waals surface area contributed by atoms with Crippen LogP contribution in [0.4, 0.5) is 0 Å². The van der Waals surface area contributed by atoms with E-state index in [-0.39, 0.29) is 18.4 Å². The molecule has 3 unspecified atom stereocenters. The number of primary amides is 1. The van der Waals surface area contributed by atoms with Crippen LogP contribution in [0.5, 0.6) is 0 Å². The summed E-state index contributed by atoms with van der Waals surface area (Å²) in [6.45, 7) is 0. The van der Waals surface area contributed by atoms with Crippen molar-refractivity contribution < 1.29 is 9.59 Å². The summed E-state index contributed by atoms with van der Waals surface area (Å²) in [5.41, 5.74) is 6.15. The van der Waals surface area contributed by atoms with Gasteiger partial charge >= 0.3 is 0 Å². The number of nitrogens with one attached hydrogen (secondary N) is 2. The maximum Gasteiger partial charge on any atom is 0.237 e. The highest BCUT2D eigenvalue weighted by atomic mass is 35.5. The molecule has 130 valence electrons. The van der Waals surface area contributed by atoms with Gasteiger partial charge in [0.15, 0.2) is 0 Å². The summed E-state index contributed by atoms with van der Waals surface area (Å²) < 4.78 is 0. The predicted octanol–water partition coefficient (Wildman–Crippen LogP) is 2.29. The van der Waals surface area contributed by atoms with E-state index in [1.807, 2.05) is 6.07 Å². The standard InChI is InChI=1S/C18H24ClN3O2/c19-13-6-3-5-11(8-13)15(10-17(20)23)22-18(24)16-9-12-4-1-2-7-14(12)21-16/h3,5-6,8,12,14-16,21H,1-2,4,7,9-10H2,(H2,20,23)(H,22,24)/t12?,14?,15-,16?/m1/s1. The van der Waals surface area contributed by atoms with Gasteiger partial charge in [-0.25, -0.2) is 0 Å². The third kappa shape index (κ3) is 4.08. The molecular formula is C18H24ClN3O2. The number of hydrogen-bond donors (Lipinski definition) is 3. The highest BCUT2D eigenvalue weighted by Crippen LogP contribution is 2.33. The van der Waals surface area contributed by atoms with Gasteiger partial charge in [-0.15, -0.1) is 0 Å². The van der Waals surface area contributed by atoms with Gasteiger partial charge in [0.25, 0.3) is 0 Å². The Morgan fingerprint density at radius 2 is 2.12 bits per heavy atom. The van der Waals surface area contributed by atoms with E-state index in [1.165, 1.54) is 19.3 Å². The van der Waals surface area contributed by atoms with Gasteiger partial charge in [-0.3, -0.25) is 9.59 Å². The number of benzene rings is 1. The van der Waals surface area contributed by atoms with Crippen LogP contribution in [0.1, 0.15) is 50.1 Å². The number of carbonyl (C=O) groups is 2. The van der Waals surface area contributed by atoms with Crippen LogP contribution >= 0.6 is 11.6 Å². The summed E-state index contributed by atoms with van der Waals surface area (Å²) in [5.74, 6) is 0.0826. The maximum atomic E-state index is 12.7. The SMILES string of the molecule is NC(=O)C[C@@H](NC(=O)C1CC2CCCCC2N1)c1cccc(Cl)c1. The smallest absolute Gasteiger partial charge is 0.237 e. The lowest BCUT2D eigenvalue weighted by Gasteiger charge is -2.24. The topological polar surface area (TPSA) is 84.2 Å². The minimum atomic E-state index is -0.451. The summed E-state index contributed by atoms with van der Waals surface area (Å²) in [6, 6.07) is 7.00. The quantitative estimate of drug-likeness (QED) is 0.762. The number of fused-ring (bicyclic) bond motifs is 1. The average Bonchev–Trinajstić information content (AvgIpc) is 2.98. The molecular weight excluding hydrogens is 326 g/mol. The first kappa shape index (κ1) is 17.2. The van der Waals surface area contributed by atoms with Crippen LogP contribution in [0.3, 0.4) is 0 Å². The molecule has 2 amide bonds. The minimum Gasteiger partial charge on any atom is -0.370 e. The van der Waals surface area contributed by atoms with E-state index in [0.29, 0.717) is 17.0 Å². The first-order valence-electron chi connectivity index (χ1n) is 8.63. The largest absolute Gasteiger partial charge is 0.370 e. The Hall–Kier alpha value is -1.59. The molecule has 1 aliphatic heterocycles. The van der Waals surface area contributed by atoms with Crippen molar-refractivity contribution in [3.8, 4) is 0 Å². The van der Waals surface area contributed by atoms with E-state index >= 15 is 0 Å². The Morgan fingerprint density at radius 1 is 1.33 bits per heavy atom. The van der Waals surface area contributed by atoms with E-state index < -0.39 is 11.9 Å². The van der Waals surface area contributed by atoms with Gasteiger partial charge in [0.2, 0.25) is 11.8 Å². The fourth-order valence-corrected chi connectivity index (χ4v) is 4.17. The van der Waals surface area contributed by atoms with Gasteiger partial charge in [0.05, 0.1) is 18.5 Å². The molecule has 5 nitrogen and oxygen atoms in total. The van der Waals surface area contributed by atoms with Crippen molar-refractivity contribution in [1.29, 1.82) is 0 Å². The summed E-state index contributed by atoms with van der Waals surface area (Å²) in [4.78, 5) is 24.1. The summed E-state index contributed by atoms with van der Waals surface area (Å²) >= 11 is 6.03. The Morgan fingerprint density at radius 3 is 2.83 bits per heavy atom. The van der Waals surface area contributed by atoms with Crippen LogP contribution < -0.4 is 16.4 Å². The van der Waals surface area contributed by atoms with E-state index in [1.54, 1.807) is 18.2 Å². The van der Waals surface area contributed by atoms with Crippen LogP contribution in [-0.2, 0) is 9.59 Å². The molecule has 0 bridgehead atoms. The Labute approximate surface area is 147 Å². The van der Waals surface area contributed by atoms with Crippen molar-refractivity contribution in [2.75, 3.05) is 0 Å². The van der Waals surface area contributed by atoms with Crippen LogP contribution in [-0.4, -0.2) is 23.9 Å². The van der Waals surface area contributed by atoms with E-state index in [9.17, 15) is 9.59 Å². The molecule has 1 heterocycles. The molecule has 4 atom stereocenters. The highest BCUT2D eigenvalue weighted by molar-refractivity contribution is 6.30. The number of rotatable bonds is 5. The summed E-state index contributed by atoms with van der Waals surface area (Å²) in [6.07, 6.45) is 5.76. The van der Waals surface area contributed by atoms with Crippen molar-refractivity contribution in [1.82, 2.24) is 10.6 Å². The average molecular weight is 350 g/mol. The number of hydrogen-bond acceptors (Lipinski definition) is 3. The number of carbonyl (C=O) groups excluding carboxylic acids is 2. The highest BCUT2D eigenvalue weighted by Gasteiger charge is 2.38. The zero-order chi connectivity index (χ0) is 17.1. The molecule has 1 saturated heterocycles. The lowest BCUT2D eigenvalue weighted by atomic mass is 9.85. The second kappa shape index (κ2) is 7.53. The molecule has 24 heavy (non-hydrogen) atoms. The second-order valence-corrected chi connectivity index (χ2v) is 7.33. The van der Waals surface area contributed by atoms with Crippen molar-refractivity contribution in [2.45, 2.75) is 56.7 Å². The van der Waals surface area contributed by atoms with Gasteiger partial charge < -0.3 is 16.4 Å². The number of amides is 2. The third-order valence-corrected chi connectivity index (χ3v) is 5.39. The van der Waals surface area contributed by atoms with E-state index in [4.69, 9.17) is 17.3 Å². The van der Waals surface area contributed by atoms with Gasteiger partial charge in [-0.05, 0) is 42.9 Å². The van der Waals surface area contributed by atoms with Crippen LogP contribution in [0.2, 0.25) is 5.02 Å². The molecule has 1 aliphatic carbocycles. The van der Waals surface area contributed by atoms with E-state index in [0.717, 1.165) is 18.4 Å².